The largest absolute Gasteiger partial charge is 0.468 e. The quantitative estimate of drug-likeness (QED) is 0.676. The first kappa shape index (κ1) is 18.2. The number of ether oxygens (including phenoxy) is 1. The van der Waals surface area contributed by atoms with Crippen molar-refractivity contribution in [2.45, 2.75) is 25.4 Å². The first-order valence-corrected chi connectivity index (χ1v) is 9.21. The van der Waals surface area contributed by atoms with Gasteiger partial charge in [-0.3, -0.25) is 14.3 Å². The lowest BCUT2D eigenvalue weighted by molar-refractivity contribution is 0.0601. The number of aromatic nitrogens is 2. The molecular formula is C20H21N3O5. The van der Waals surface area contributed by atoms with Gasteiger partial charge in [-0.15, -0.1) is 0 Å². The molecule has 2 aromatic heterocycles. The summed E-state index contributed by atoms with van der Waals surface area (Å²) in [7, 11) is 1.28. The smallest absolute Gasteiger partial charge is 0.337 e. The molecule has 1 fully saturated rings. The normalized spacial score (nSPS) is 15.8. The zero-order valence-electron chi connectivity index (χ0n) is 15.5. The van der Waals surface area contributed by atoms with Gasteiger partial charge in [-0.25, -0.2) is 9.59 Å². The van der Waals surface area contributed by atoms with Gasteiger partial charge < -0.3 is 14.1 Å². The highest BCUT2D eigenvalue weighted by Gasteiger charge is 2.27. The molecule has 1 saturated heterocycles. The van der Waals surface area contributed by atoms with Crippen molar-refractivity contribution in [2.24, 2.45) is 0 Å². The first-order valence-electron chi connectivity index (χ1n) is 9.21. The minimum atomic E-state index is -0.529. The summed E-state index contributed by atoms with van der Waals surface area (Å²) in [6, 6.07) is 7.99. The molecule has 0 bridgehead atoms. The molecule has 1 N–H and O–H groups in total. The molecule has 28 heavy (non-hydrogen) atoms. The monoisotopic (exact) mass is 383 g/mol. The minimum absolute atomic E-state index is 0.191. The number of aromatic amines is 1. The van der Waals surface area contributed by atoms with E-state index < -0.39 is 17.2 Å². The van der Waals surface area contributed by atoms with Crippen molar-refractivity contribution in [3.8, 4) is 0 Å². The van der Waals surface area contributed by atoms with E-state index in [1.54, 1.807) is 12.3 Å². The molecule has 0 spiro atoms. The second-order valence-electron chi connectivity index (χ2n) is 6.87. The highest BCUT2D eigenvalue weighted by atomic mass is 16.5. The SMILES string of the molecule is COC(=O)c1ccc2c(=O)n(CC(c3ccco3)N3CCCC3)c(=O)[nH]c2c1. The fourth-order valence-electron chi connectivity index (χ4n) is 3.76. The minimum Gasteiger partial charge on any atom is -0.468 e. The molecule has 1 unspecified atom stereocenters. The number of benzene rings is 1. The van der Waals surface area contributed by atoms with Crippen molar-refractivity contribution >= 4 is 16.9 Å². The maximum atomic E-state index is 13.0. The molecular weight excluding hydrogens is 362 g/mol. The highest BCUT2D eigenvalue weighted by molar-refractivity contribution is 5.93. The number of methoxy groups -OCH3 is 1. The number of carbonyl (C=O) groups is 1. The summed E-state index contributed by atoms with van der Waals surface area (Å²) < 4.78 is 11.5. The summed E-state index contributed by atoms with van der Waals surface area (Å²) in [5.74, 6) is 0.202. The third kappa shape index (κ3) is 3.27. The lowest BCUT2D eigenvalue weighted by Crippen LogP contribution is -2.40. The Morgan fingerprint density at radius 3 is 2.71 bits per heavy atom. The van der Waals surface area contributed by atoms with E-state index in [1.165, 1.54) is 29.9 Å². The third-order valence-corrected chi connectivity index (χ3v) is 5.21. The van der Waals surface area contributed by atoms with Crippen LogP contribution < -0.4 is 11.2 Å². The number of esters is 1. The zero-order valence-corrected chi connectivity index (χ0v) is 15.5. The summed E-state index contributed by atoms with van der Waals surface area (Å²) in [5.41, 5.74) is -0.334. The van der Waals surface area contributed by atoms with E-state index in [1.807, 2.05) is 6.07 Å². The molecule has 146 valence electrons. The Morgan fingerprint density at radius 2 is 2.04 bits per heavy atom. The number of nitrogens with one attached hydrogen (secondary N) is 1. The number of rotatable bonds is 5. The fourth-order valence-corrected chi connectivity index (χ4v) is 3.76. The lowest BCUT2D eigenvalue weighted by Gasteiger charge is -2.26. The molecule has 8 heteroatoms. The van der Waals surface area contributed by atoms with Crippen molar-refractivity contribution in [3.63, 3.8) is 0 Å². The van der Waals surface area contributed by atoms with Crippen molar-refractivity contribution < 1.29 is 13.9 Å². The second kappa shape index (κ2) is 7.47. The molecule has 3 aromatic rings. The standard InChI is InChI=1S/C20H21N3O5/c1-27-19(25)13-6-7-14-15(11-13)21-20(26)23(18(14)24)12-16(17-5-4-10-28-17)22-8-2-3-9-22/h4-7,10-11,16H,2-3,8-9,12H2,1H3,(H,21,26). The predicted molar refractivity (Wildman–Crippen MR) is 102 cm³/mol. The summed E-state index contributed by atoms with van der Waals surface area (Å²) in [6.45, 7) is 1.98. The van der Waals surface area contributed by atoms with Crippen LogP contribution in [0, 0.1) is 0 Å². The molecule has 4 rings (SSSR count). The molecule has 1 atom stereocenters. The van der Waals surface area contributed by atoms with Crippen LogP contribution in [0.1, 0.15) is 35.0 Å². The summed E-state index contributed by atoms with van der Waals surface area (Å²) >= 11 is 0. The predicted octanol–water partition coefficient (Wildman–Crippen LogP) is 1.91. The number of likely N-dealkylation sites (tertiary alicyclic amines) is 1. The van der Waals surface area contributed by atoms with Gasteiger partial charge in [0.25, 0.3) is 5.56 Å². The van der Waals surface area contributed by atoms with Crippen molar-refractivity contribution in [1.82, 2.24) is 14.5 Å². The highest BCUT2D eigenvalue weighted by Crippen LogP contribution is 2.26. The molecule has 0 aliphatic carbocycles. The number of hydrogen-bond acceptors (Lipinski definition) is 6. The number of carbonyl (C=O) groups excluding carboxylic acids is 1. The van der Waals surface area contributed by atoms with Crippen LogP contribution in [0.3, 0.4) is 0 Å². The maximum Gasteiger partial charge on any atom is 0.337 e. The van der Waals surface area contributed by atoms with Gasteiger partial charge in [-0.2, -0.15) is 0 Å². The zero-order chi connectivity index (χ0) is 19.7. The molecule has 0 saturated carbocycles. The Morgan fingerprint density at radius 1 is 1.25 bits per heavy atom. The van der Waals surface area contributed by atoms with Crippen LogP contribution in [0.2, 0.25) is 0 Å². The van der Waals surface area contributed by atoms with Crippen LogP contribution in [0.5, 0.6) is 0 Å². The molecule has 1 aromatic carbocycles. The van der Waals surface area contributed by atoms with Crippen molar-refractivity contribution in [1.29, 1.82) is 0 Å². The summed E-state index contributed by atoms with van der Waals surface area (Å²) in [5, 5.41) is 0.340. The van der Waals surface area contributed by atoms with E-state index in [0.29, 0.717) is 10.9 Å². The van der Waals surface area contributed by atoms with E-state index in [0.717, 1.165) is 31.7 Å². The Balaban J connectivity index is 1.76. The molecule has 3 heterocycles. The van der Waals surface area contributed by atoms with Crippen LogP contribution in [0.15, 0.2) is 50.6 Å². The van der Waals surface area contributed by atoms with Gasteiger partial charge in [0.1, 0.15) is 5.76 Å². The van der Waals surface area contributed by atoms with Gasteiger partial charge in [0.2, 0.25) is 0 Å². The van der Waals surface area contributed by atoms with Crippen LogP contribution in [0.25, 0.3) is 10.9 Å². The van der Waals surface area contributed by atoms with Gasteiger partial charge >= 0.3 is 11.7 Å². The van der Waals surface area contributed by atoms with Gasteiger partial charge in [0.15, 0.2) is 0 Å². The van der Waals surface area contributed by atoms with Crippen LogP contribution in [0.4, 0.5) is 0 Å². The van der Waals surface area contributed by atoms with E-state index in [2.05, 4.69) is 9.88 Å². The average molecular weight is 383 g/mol. The Hall–Kier alpha value is -3.13. The molecule has 8 nitrogen and oxygen atoms in total. The Labute approximate surface area is 160 Å². The van der Waals surface area contributed by atoms with Crippen LogP contribution in [-0.4, -0.2) is 40.6 Å². The van der Waals surface area contributed by atoms with Gasteiger partial charge in [0.05, 0.1) is 42.4 Å². The number of fused-ring (bicyclic) bond motifs is 1. The number of hydrogen-bond donors (Lipinski definition) is 1. The molecule has 0 radical (unpaired) electrons. The fraction of sp³-hybridized carbons (Fsp3) is 0.350. The topological polar surface area (TPSA) is 97.5 Å². The number of furan rings is 1. The van der Waals surface area contributed by atoms with Gasteiger partial charge in [-0.1, -0.05) is 0 Å². The number of H-pyrrole nitrogens is 1. The summed E-state index contributed by atoms with van der Waals surface area (Å²) in [6.07, 6.45) is 3.76. The maximum absolute atomic E-state index is 13.0. The number of nitrogens with zero attached hydrogens (tertiary/aromatic N) is 2. The van der Waals surface area contributed by atoms with Crippen molar-refractivity contribution in [3.05, 3.63) is 68.8 Å². The van der Waals surface area contributed by atoms with E-state index in [-0.39, 0.29) is 18.2 Å². The third-order valence-electron chi connectivity index (χ3n) is 5.21. The lowest BCUT2D eigenvalue weighted by atomic mass is 10.1. The molecule has 0 amide bonds. The van der Waals surface area contributed by atoms with E-state index >= 15 is 0 Å². The van der Waals surface area contributed by atoms with Crippen molar-refractivity contribution in [2.75, 3.05) is 20.2 Å². The Bertz CT molecular complexity index is 1110. The average Bonchev–Trinajstić information content (AvgIpc) is 3.41. The molecule has 1 aliphatic heterocycles. The Kier molecular flexibility index (Phi) is 4.87. The second-order valence-corrected chi connectivity index (χ2v) is 6.87. The van der Waals surface area contributed by atoms with Crippen LogP contribution in [-0.2, 0) is 11.3 Å². The van der Waals surface area contributed by atoms with Gasteiger partial charge in [0, 0.05) is 0 Å². The van der Waals surface area contributed by atoms with Gasteiger partial charge in [-0.05, 0) is 56.3 Å². The van der Waals surface area contributed by atoms with Crippen LogP contribution >= 0.6 is 0 Å². The molecule has 1 aliphatic rings. The van der Waals surface area contributed by atoms with E-state index in [4.69, 9.17) is 9.15 Å². The first-order chi connectivity index (χ1) is 13.6. The van der Waals surface area contributed by atoms with E-state index in [9.17, 15) is 14.4 Å². The summed E-state index contributed by atoms with van der Waals surface area (Å²) in [4.78, 5) is 42.3.